The molecule has 1 aromatic heterocycles. The van der Waals surface area contributed by atoms with E-state index in [9.17, 15) is 4.79 Å². The maximum Gasteiger partial charge on any atom is 0.262 e. The number of H-pyrrole nitrogens is 1. The number of nitrogens with one attached hydrogen (secondary N) is 2. The van der Waals surface area contributed by atoms with Crippen LogP contribution in [0.2, 0.25) is 0 Å². The van der Waals surface area contributed by atoms with E-state index in [0.717, 1.165) is 0 Å². The van der Waals surface area contributed by atoms with Crippen LogP contribution in [0.1, 0.15) is 0 Å². The highest BCUT2D eigenvalue weighted by Gasteiger charge is 2.07. The fourth-order valence-corrected chi connectivity index (χ4v) is 1.69. The molecule has 0 bridgehead atoms. The number of anilines is 1. The lowest BCUT2D eigenvalue weighted by Crippen LogP contribution is -2.20. The average molecular weight is 290 g/mol. The van der Waals surface area contributed by atoms with Gasteiger partial charge in [0.25, 0.3) is 5.91 Å². The van der Waals surface area contributed by atoms with Gasteiger partial charge in [-0.05, 0) is 24.3 Å². The number of benzene rings is 1. The number of carbonyl (C=O) groups excluding carboxylic acids is 1. The molecule has 0 aliphatic rings. The fraction of sp³-hybridized carbons (Fsp3) is 0.143. The first-order valence-electron chi connectivity index (χ1n) is 5.93. The highest BCUT2D eigenvalue weighted by molar-refractivity contribution is 7.71. The van der Waals surface area contributed by atoms with Crippen molar-refractivity contribution < 1.29 is 14.3 Å². The molecule has 0 atom stereocenters. The third-order valence-corrected chi connectivity index (χ3v) is 2.75. The van der Waals surface area contributed by atoms with Crippen LogP contribution in [-0.2, 0) is 4.79 Å². The third-order valence-electron chi connectivity index (χ3n) is 2.50. The zero-order valence-electron chi connectivity index (χ0n) is 10.9. The minimum Gasteiger partial charge on any atom is -0.493 e. The summed E-state index contributed by atoms with van der Waals surface area (Å²) in [5.41, 5.74) is 0.632. The summed E-state index contributed by atoms with van der Waals surface area (Å²) in [5.74, 6) is 0.850. The van der Waals surface area contributed by atoms with E-state index in [1.54, 1.807) is 37.6 Å². The molecule has 2 rings (SSSR count). The Balaban J connectivity index is 1.92. The number of amides is 1. The molecule has 6 heteroatoms. The topological polar surface area (TPSA) is 63.4 Å². The monoisotopic (exact) mass is 290 g/mol. The van der Waals surface area contributed by atoms with Gasteiger partial charge in [0.05, 0.1) is 12.8 Å². The second-order valence-electron chi connectivity index (χ2n) is 3.93. The average Bonchev–Trinajstić information content (AvgIpc) is 2.48. The van der Waals surface area contributed by atoms with E-state index in [2.05, 4.69) is 10.3 Å². The number of hydrogen-bond donors (Lipinski definition) is 2. The molecule has 0 aliphatic carbocycles. The fourth-order valence-electron chi connectivity index (χ4n) is 1.57. The molecule has 1 amide bonds. The molecule has 1 aromatic carbocycles. The first-order chi connectivity index (χ1) is 9.69. The SMILES string of the molecule is COc1ccccc1OCC(=O)Nc1ccc(=S)[nH]c1. The molecule has 2 N–H and O–H groups in total. The van der Waals surface area contributed by atoms with Crippen LogP contribution < -0.4 is 14.8 Å². The Labute approximate surface area is 121 Å². The van der Waals surface area contributed by atoms with Crippen molar-refractivity contribution in [3.05, 3.63) is 47.2 Å². The van der Waals surface area contributed by atoms with Crippen LogP contribution in [-0.4, -0.2) is 24.6 Å². The number of methoxy groups -OCH3 is 1. The summed E-state index contributed by atoms with van der Waals surface area (Å²) >= 11 is 4.92. The molecule has 2 aromatic rings. The van der Waals surface area contributed by atoms with Crippen LogP contribution in [0.4, 0.5) is 5.69 Å². The number of rotatable bonds is 5. The smallest absolute Gasteiger partial charge is 0.262 e. The number of aromatic nitrogens is 1. The van der Waals surface area contributed by atoms with E-state index in [1.165, 1.54) is 0 Å². The van der Waals surface area contributed by atoms with E-state index in [4.69, 9.17) is 21.7 Å². The minimum atomic E-state index is -0.263. The van der Waals surface area contributed by atoms with Crippen LogP contribution in [0.25, 0.3) is 0 Å². The quantitative estimate of drug-likeness (QED) is 0.831. The predicted octanol–water partition coefficient (Wildman–Crippen LogP) is 2.77. The van der Waals surface area contributed by atoms with Gasteiger partial charge in [-0.15, -0.1) is 0 Å². The van der Waals surface area contributed by atoms with Crippen molar-refractivity contribution in [1.29, 1.82) is 0 Å². The Kier molecular flexibility index (Phi) is 4.73. The number of aromatic amines is 1. The second kappa shape index (κ2) is 6.72. The van der Waals surface area contributed by atoms with Crippen LogP contribution in [0.15, 0.2) is 42.6 Å². The Bertz CT molecular complexity index is 634. The first-order valence-corrected chi connectivity index (χ1v) is 6.34. The predicted molar refractivity (Wildman–Crippen MR) is 78.7 cm³/mol. The zero-order chi connectivity index (χ0) is 14.4. The van der Waals surface area contributed by atoms with Gasteiger partial charge in [-0.3, -0.25) is 4.79 Å². The standard InChI is InChI=1S/C14H14N2O3S/c1-18-11-4-2-3-5-12(11)19-9-13(17)16-10-6-7-14(20)15-8-10/h2-8H,9H2,1H3,(H,15,20)(H,16,17). The number of carbonyl (C=O) groups is 1. The summed E-state index contributed by atoms with van der Waals surface area (Å²) in [6.07, 6.45) is 1.63. The van der Waals surface area contributed by atoms with Gasteiger partial charge in [0.15, 0.2) is 18.1 Å². The van der Waals surface area contributed by atoms with Crippen LogP contribution in [0, 0.1) is 4.64 Å². The van der Waals surface area contributed by atoms with Crippen molar-refractivity contribution in [3.63, 3.8) is 0 Å². The van der Waals surface area contributed by atoms with Gasteiger partial charge in [-0.2, -0.15) is 0 Å². The van der Waals surface area contributed by atoms with Gasteiger partial charge in [0.1, 0.15) is 4.64 Å². The molecule has 0 unspecified atom stereocenters. The van der Waals surface area contributed by atoms with Gasteiger partial charge in [0.2, 0.25) is 0 Å². The van der Waals surface area contributed by atoms with Crippen molar-refractivity contribution in [2.75, 3.05) is 19.0 Å². The number of para-hydroxylation sites is 2. The van der Waals surface area contributed by atoms with Crippen LogP contribution >= 0.6 is 12.2 Å². The lowest BCUT2D eigenvalue weighted by atomic mass is 10.3. The van der Waals surface area contributed by atoms with E-state index < -0.39 is 0 Å². The second-order valence-corrected chi connectivity index (χ2v) is 4.37. The van der Waals surface area contributed by atoms with E-state index in [1.807, 2.05) is 12.1 Å². The lowest BCUT2D eigenvalue weighted by Gasteiger charge is -2.10. The summed E-state index contributed by atoms with van der Waals surface area (Å²) in [7, 11) is 1.55. The Morgan fingerprint density at radius 1 is 1.25 bits per heavy atom. The highest BCUT2D eigenvalue weighted by Crippen LogP contribution is 2.25. The van der Waals surface area contributed by atoms with E-state index in [0.29, 0.717) is 21.8 Å². The van der Waals surface area contributed by atoms with Gasteiger partial charge >= 0.3 is 0 Å². The van der Waals surface area contributed by atoms with Crippen molar-refractivity contribution in [2.45, 2.75) is 0 Å². The van der Waals surface area contributed by atoms with Crippen molar-refractivity contribution in [3.8, 4) is 11.5 Å². The number of hydrogen-bond acceptors (Lipinski definition) is 4. The molecule has 20 heavy (non-hydrogen) atoms. The Morgan fingerprint density at radius 2 is 2.00 bits per heavy atom. The molecule has 5 nitrogen and oxygen atoms in total. The van der Waals surface area contributed by atoms with Gasteiger partial charge in [0, 0.05) is 6.20 Å². The molecule has 0 fully saturated rings. The minimum absolute atomic E-state index is 0.101. The highest BCUT2D eigenvalue weighted by atomic mass is 32.1. The molecule has 104 valence electrons. The van der Waals surface area contributed by atoms with Crippen molar-refractivity contribution in [1.82, 2.24) is 4.98 Å². The number of ether oxygens (including phenoxy) is 2. The first kappa shape index (κ1) is 14.1. The maximum absolute atomic E-state index is 11.8. The molecular weight excluding hydrogens is 276 g/mol. The Hall–Kier alpha value is -2.34. The summed E-state index contributed by atoms with van der Waals surface area (Å²) in [5, 5.41) is 2.69. The zero-order valence-corrected chi connectivity index (χ0v) is 11.7. The number of pyridine rings is 1. The largest absolute Gasteiger partial charge is 0.493 e. The molecule has 0 saturated heterocycles. The van der Waals surface area contributed by atoms with Crippen molar-refractivity contribution in [2.24, 2.45) is 0 Å². The van der Waals surface area contributed by atoms with E-state index in [-0.39, 0.29) is 12.5 Å². The summed E-state index contributed by atoms with van der Waals surface area (Å²) < 4.78 is 11.2. The summed E-state index contributed by atoms with van der Waals surface area (Å²) in [6.45, 7) is -0.101. The molecule has 0 spiro atoms. The molecule has 0 aliphatic heterocycles. The van der Waals surface area contributed by atoms with Gasteiger partial charge in [-0.1, -0.05) is 24.4 Å². The molecule has 0 saturated carbocycles. The third kappa shape index (κ3) is 3.83. The maximum atomic E-state index is 11.8. The van der Waals surface area contributed by atoms with Crippen LogP contribution in [0.5, 0.6) is 11.5 Å². The summed E-state index contributed by atoms with van der Waals surface area (Å²) in [6, 6.07) is 10.6. The molecule has 0 radical (unpaired) electrons. The molecular formula is C14H14N2O3S. The van der Waals surface area contributed by atoms with Gasteiger partial charge in [-0.25, -0.2) is 0 Å². The van der Waals surface area contributed by atoms with Crippen molar-refractivity contribution >= 4 is 23.8 Å². The lowest BCUT2D eigenvalue weighted by molar-refractivity contribution is -0.118. The Morgan fingerprint density at radius 3 is 2.65 bits per heavy atom. The summed E-state index contributed by atoms with van der Waals surface area (Å²) in [4.78, 5) is 14.6. The normalized spacial score (nSPS) is 9.85. The molecule has 1 heterocycles. The van der Waals surface area contributed by atoms with Crippen LogP contribution in [0.3, 0.4) is 0 Å². The van der Waals surface area contributed by atoms with E-state index >= 15 is 0 Å². The van der Waals surface area contributed by atoms with Gasteiger partial charge < -0.3 is 19.8 Å².